The number of ether oxygens (including phenoxy) is 2. The highest BCUT2D eigenvalue weighted by Crippen LogP contribution is 2.23. The van der Waals surface area contributed by atoms with Crippen molar-refractivity contribution in [3.05, 3.63) is 11.1 Å². The van der Waals surface area contributed by atoms with Crippen molar-refractivity contribution in [3.63, 3.8) is 0 Å². The van der Waals surface area contributed by atoms with Crippen LogP contribution in [-0.4, -0.2) is 25.2 Å². The Labute approximate surface area is 148 Å². The number of hydrogen-bond donors (Lipinski definition) is 0. The van der Waals surface area contributed by atoms with Crippen LogP contribution in [0.2, 0.25) is 0 Å². The van der Waals surface area contributed by atoms with Gasteiger partial charge >= 0.3 is 11.9 Å². The number of esters is 2. The van der Waals surface area contributed by atoms with Crippen LogP contribution in [0.5, 0.6) is 0 Å². The first-order valence-corrected chi connectivity index (χ1v) is 9.56. The largest absolute Gasteiger partial charge is 0.462 e. The SMILES string of the molecule is CCCCCC(C(=O)OCCCC)=C(C(=O)OCCCC)C(C)C. The van der Waals surface area contributed by atoms with Crippen LogP contribution >= 0.6 is 0 Å². The number of hydrogen-bond acceptors (Lipinski definition) is 4. The fourth-order valence-corrected chi connectivity index (χ4v) is 2.39. The van der Waals surface area contributed by atoms with Crippen LogP contribution in [0, 0.1) is 5.92 Å². The second kappa shape index (κ2) is 14.1. The predicted molar refractivity (Wildman–Crippen MR) is 97.7 cm³/mol. The molecule has 0 heterocycles. The fourth-order valence-electron chi connectivity index (χ4n) is 2.39. The molecule has 4 nitrogen and oxygen atoms in total. The summed E-state index contributed by atoms with van der Waals surface area (Å²) in [6.45, 7) is 10.9. The molecule has 24 heavy (non-hydrogen) atoms. The first-order valence-electron chi connectivity index (χ1n) is 9.56. The van der Waals surface area contributed by atoms with E-state index >= 15 is 0 Å². The Balaban J connectivity index is 5.28. The van der Waals surface area contributed by atoms with E-state index in [4.69, 9.17) is 9.47 Å². The topological polar surface area (TPSA) is 52.6 Å². The predicted octanol–water partition coefficient (Wildman–Crippen LogP) is 5.21. The molecule has 0 atom stereocenters. The van der Waals surface area contributed by atoms with Gasteiger partial charge in [0.05, 0.1) is 18.8 Å². The number of carbonyl (C=O) groups is 2. The molecular formula is C20H36O4. The number of carbonyl (C=O) groups excluding carboxylic acids is 2. The second-order valence-electron chi connectivity index (χ2n) is 6.48. The van der Waals surface area contributed by atoms with Crippen molar-refractivity contribution in [2.24, 2.45) is 5.92 Å². The Morgan fingerprint density at radius 2 is 1.25 bits per heavy atom. The first-order chi connectivity index (χ1) is 11.5. The summed E-state index contributed by atoms with van der Waals surface area (Å²) < 4.78 is 10.7. The van der Waals surface area contributed by atoms with Gasteiger partial charge in [-0.2, -0.15) is 0 Å². The van der Waals surface area contributed by atoms with E-state index in [9.17, 15) is 9.59 Å². The molecule has 0 aromatic heterocycles. The number of unbranched alkanes of at least 4 members (excludes halogenated alkanes) is 4. The second-order valence-corrected chi connectivity index (χ2v) is 6.48. The fraction of sp³-hybridized carbons (Fsp3) is 0.800. The van der Waals surface area contributed by atoms with Gasteiger partial charge in [0.2, 0.25) is 0 Å². The van der Waals surface area contributed by atoms with Crippen LogP contribution in [0.25, 0.3) is 0 Å². The Morgan fingerprint density at radius 1 is 0.750 bits per heavy atom. The van der Waals surface area contributed by atoms with E-state index in [1.54, 1.807) is 0 Å². The summed E-state index contributed by atoms with van der Waals surface area (Å²) in [5.41, 5.74) is 1.000. The molecule has 0 rings (SSSR count). The Morgan fingerprint density at radius 3 is 1.71 bits per heavy atom. The van der Waals surface area contributed by atoms with E-state index in [1.807, 2.05) is 20.8 Å². The van der Waals surface area contributed by atoms with Crippen LogP contribution < -0.4 is 0 Å². The summed E-state index contributed by atoms with van der Waals surface area (Å²) >= 11 is 0. The van der Waals surface area contributed by atoms with E-state index in [2.05, 4.69) is 13.8 Å². The summed E-state index contributed by atoms with van der Waals surface area (Å²) in [7, 11) is 0. The molecule has 0 aromatic rings. The van der Waals surface area contributed by atoms with Crippen LogP contribution in [0.3, 0.4) is 0 Å². The maximum atomic E-state index is 12.5. The lowest BCUT2D eigenvalue weighted by Crippen LogP contribution is -2.21. The minimum atomic E-state index is -0.364. The van der Waals surface area contributed by atoms with E-state index in [0.29, 0.717) is 30.8 Å². The third kappa shape index (κ3) is 9.09. The van der Waals surface area contributed by atoms with Crippen molar-refractivity contribution >= 4 is 11.9 Å². The van der Waals surface area contributed by atoms with Crippen molar-refractivity contribution in [3.8, 4) is 0 Å². The zero-order chi connectivity index (χ0) is 18.4. The molecule has 0 aliphatic heterocycles. The van der Waals surface area contributed by atoms with Crippen molar-refractivity contribution in [2.75, 3.05) is 13.2 Å². The molecule has 0 radical (unpaired) electrons. The highest BCUT2D eigenvalue weighted by Gasteiger charge is 2.25. The van der Waals surface area contributed by atoms with Gasteiger partial charge < -0.3 is 9.47 Å². The molecular weight excluding hydrogens is 304 g/mol. The molecule has 140 valence electrons. The molecule has 0 aromatic carbocycles. The summed E-state index contributed by atoms with van der Waals surface area (Å²) in [5.74, 6) is -0.775. The summed E-state index contributed by atoms with van der Waals surface area (Å²) in [4.78, 5) is 25.0. The lowest BCUT2D eigenvalue weighted by atomic mass is 9.93. The minimum absolute atomic E-state index is 0.0607. The van der Waals surface area contributed by atoms with Gasteiger partial charge in [-0.3, -0.25) is 0 Å². The molecule has 0 fully saturated rings. The molecule has 0 N–H and O–H groups in total. The van der Waals surface area contributed by atoms with Crippen LogP contribution in [0.4, 0.5) is 0 Å². The Hall–Kier alpha value is -1.32. The molecule has 0 bridgehead atoms. The van der Waals surface area contributed by atoms with Gasteiger partial charge in [-0.05, 0) is 31.6 Å². The van der Waals surface area contributed by atoms with Crippen LogP contribution in [-0.2, 0) is 19.1 Å². The molecule has 0 aliphatic carbocycles. The molecule has 0 unspecified atom stereocenters. The lowest BCUT2D eigenvalue weighted by molar-refractivity contribution is -0.143. The number of rotatable bonds is 13. The van der Waals surface area contributed by atoms with Crippen molar-refractivity contribution in [1.29, 1.82) is 0 Å². The van der Waals surface area contributed by atoms with E-state index in [0.717, 1.165) is 44.9 Å². The average molecular weight is 341 g/mol. The van der Waals surface area contributed by atoms with E-state index in [1.165, 1.54) is 0 Å². The molecule has 0 aliphatic rings. The summed E-state index contributed by atoms with van der Waals surface area (Å²) in [5, 5.41) is 0. The Kier molecular flexibility index (Phi) is 13.3. The van der Waals surface area contributed by atoms with Gasteiger partial charge in [0.1, 0.15) is 0 Å². The van der Waals surface area contributed by atoms with Gasteiger partial charge in [0, 0.05) is 5.57 Å². The third-order valence-corrected chi connectivity index (χ3v) is 3.86. The molecule has 0 saturated carbocycles. The first kappa shape index (κ1) is 22.7. The molecule has 0 saturated heterocycles. The van der Waals surface area contributed by atoms with Crippen molar-refractivity contribution in [1.82, 2.24) is 0 Å². The van der Waals surface area contributed by atoms with E-state index in [-0.39, 0.29) is 17.9 Å². The lowest BCUT2D eigenvalue weighted by Gasteiger charge is -2.17. The smallest absolute Gasteiger partial charge is 0.334 e. The van der Waals surface area contributed by atoms with E-state index < -0.39 is 0 Å². The minimum Gasteiger partial charge on any atom is -0.462 e. The Bertz CT molecular complexity index is 396. The normalized spacial score (nSPS) is 12.1. The van der Waals surface area contributed by atoms with Crippen molar-refractivity contribution < 1.29 is 19.1 Å². The van der Waals surface area contributed by atoms with Crippen molar-refractivity contribution in [2.45, 2.75) is 86.0 Å². The zero-order valence-electron chi connectivity index (χ0n) is 16.3. The average Bonchev–Trinajstić information content (AvgIpc) is 2.54. The van der Waals surface area contributed by atoms with Crippen LogP contribution in [0.15, 0.2) is 11.1 Å². The summed E-state index contributed by atoms with van der Waals surface area (Å²) in [6, 6.07) is 0. The van der Waals surface area contributed by atoms with Gasteiger partial charge in [-0.25, -0.2) is 9.59 Å². The van der Waals surface area contributed by atoms with Crippen LogP contribution in [0.1, 0.15) is 86.0 Å². The standard InChI is InChI=1S/C20H36O4/c1-6-9-12-13-17(19(21)23-14-10-7-2)18(16(4)5)20(22)24-15-11-8-3/h16H,6-15H2,1-5H3. The maximum Gasteiger partial charge on any atom is 0.334 e. The molecule has 0 spiro atoms. The maximum absolute atomic E-state index is 12.5. The summed E-state index contributed by atoms with van der Waals surface area (Å²) in [6.07, 6.45) is 7.17. The van der Waals surface area contributed by atoms with Gasteiger partial charge in [0.25, 0.3) is 0 Å². The highest BCUT2D eigenvalue weighted by atomic mass is 16.5. The third-order valence-electron chi connectivity index (χ3n) is 3.86. The molecule has 0 amide bonds. The van der Waals surface area contributed by atoms with Gasteiger partial charge in [-0.15, -0.1) is 0 Å². The highest BCUT2D eigenvalue weighted by molar-refractivity contribution is 6.00. The monoisotopic (exact) mass is 340 g/mol. The molecule has 4 heteroatoms. The quantitative estimate of drug-likeness (QED) is 0.262. The zero-order valence-corrected chi connectivity index (χ0v) is 16.3. The van der Waals surface area contributed by atoms with Gasteiger partial charge in [0.15, 0.2) is 0 Å². The van der Waals surface area contributed by atoms with Gasteiger partial charge in [-0.1, -0.05) is 60.3 Å².